The molecule has 0 aliphatic carbocycles. The van der Waals surface area contributed by atoms with Gasteiger partial charge in [0, 0.05) is 29.3 Å². The van der Waals surface area contributed by atoms with Crippen LogP contribution in [0.25, 0.3) is 5.69 Å². The van der Waals surface area contributed by atoms with Crippen LogP contribution < -0.4 is 0 Å². The molecule has 0 radical (unpaired) electrons. The molecule has 1 N–H and O–H groups in total. The van der Waals surface area contributed by atoms with Crippen LogP contribution in [0, 0.1) is 5.92 Å². The maximum absolute atomic E-state index is 11.0. The standard InChI is InChI=1S/C18H24BrN3O2/c1-12(2)17-14(10-21(4)9-13(3)18(23)24)11-22(20-17)16-7-5-15(19)6-8-16/h5-8,11-13H,9-10H2,1-4H3,(H,23,24). The zero-order chi connectivity index (χ0) is 17.9. The molecule has 5 nitrogen and oxygen atoms in total. The molecule has 0 aliphatic heterocycles. The third-order valence-corrected chi connectivity index (χ3v) is 4.44. The van der Waals surface area contributed by atoms with Gasteiger partial charge in [-0.3, -0.25) is 4.79 Å². The molecule has 1 unspecified atom stereocenters. The lowest BCUT2D eigenvalue weighted by Gasteiger charge is -2.19. The third-order valence-electron chi connectivity index (χ3n) is 3.91. The average molecular weight is 394 g/mol. The van der Waals surface area contributed by atoms with Gasteiger partial charge in [-0.2, -0.15) is 5.10 Å². The van der Waals surface area contributed by atoms with Crippen LogP contribution in [0.3, 0.4) is 0 Å². The van der Waals surface area contributed by atoms with E-state index >= 15 is 0 Å². The quantitative estimate of drug-likeness (QED) is 0.774. The molecule has 0 amide bonds. The number of carboxylic acid groups (broad SMARTS) is 1. The molecular weight excluding hydrogens is 370 g/mol. The fourth-order valence-electron chi connectivity index (χ4n) is 2.66. The third kappa shape index (κ3) is 4.68. The van der Waals surface area contributed by atoms with Crippen molar-refractivity contribution < 1.29 is 9.90 Å². The number of hydrogen-bond acceptors (Lipinski definition) is 3. The predicted octanol–water partition coefficient (Wildman–Crippen LogP) is 3.91. The molecule has 6 heteroatoms. The van der Waals surface area contributed by atoms with Crippen LogP contribution in [0.4, 0.5) is 0 Å². The lowest BCUT2D eigenvalue weighted by atomic mass is 10.1. The van der Waals surface area contributed by atoms with Crippen molar-refractivity contribution in [2.45, 2.75) is 33.2 Å². The summed E-state index contributed by atoms with van der Waals surface area (Å²) in [7, 11) is 1.94. The van der Waals surface area contributed by atoms with Crippen molar-refractivity contribution in [3.63, 3.8) is 0 Å². The summed E-state index contributed by atoms with van der Waals surface area (Å²) in [5.41, 5.74) is 3.19. The molecule has 2 rings (SSSR count). The van der Waals surface area contributed by atoms with Crippen molar-refractivity contribution in [1.29, 1.82) is 0 Å². The van der Waals surface area contributed by atoms with Gasteiger partial charge in [-0.05, 0) is 37.2 Å². The summed E-state index contributed by atoms with van der Waals surface area (Å²) in [6.07, 6.45) is 2.04. The Balaban J connectivity index is 2.22. The first-order chi connectivity index (χ1) is 11.3. The number of aliphatic carboxylic acids is 1. The van der Waals surface area contributed by atoms with Crippen LogP contribution in [0.15, 0.2) is 34.9 Å². The van der Waals surface area contributed by atoms with Crippen LogP contribution in [-0.2, 0) is 11.3 Å². The Hall–Kier alpha value is -1.66. The highest BCUT2D eigenvalue weighted by molar-refractivity contribution is 9.10. The fraction of sp³-hybridized carbons (Fsp3) is 0.444. The van der Waals surface area contributed by atoms with Gasteiger partial charge in [-0.25, -0.2) is 4.68 Å². The van der Waals surface area contributed by atoms with Crippen molar-refractivity contribution in [1.82, 2.24) is 14.7 Å². The van der Waals surface area contributed by atoms with Gasteiger partial charge in [0.2, 0.25) is 0 Å². The van der Waals surface area contributed by atoms with Crippen LogP contribution in [0.1, 0.15) is 37.9 Å². The molecule has 1 heterocycles. The average Bonchev–Trinajstić information content (AvgIpc) is 2.91. The Labute approximate surface area is 151 Å². The van der Waals surface area contributed by atoms with Crippen LogP contribution >= 0.6 is 15.9 Å². The molecule has 1 atom stereocenters. The van der Waals surface area contributed by atoms with Gasteiger partial charge in [-0.1, -0.05) is 36.7 Å². The van der Waals surface area contributed by atoms with Gasteiger partial charge in [-0.15, -0.1) is 0 Å². The second-order valence-electron chi connectivity index (χ2n) is 6.55. The van der Waals surface area contributed by atoms with Crippen LogP contribution in [0.2, 0.25) is 0 Å². The minimum absolute atomic E-state index is 0.307. The molecule has 1 aromatic heterocycles. The Morgan fingerprint density at radius 3 is 2.46 bits per heavy atom. The number of carboxylic acids is 1. The van der Waals surface area contributed by atoms with Gasteiger partial charge in [0.1, 0.15) is 0 Å². The maximum Gasteiger partial charge on any atom is 0.307 e. The normalized spacial score (nSPS) is 12.8. The fourth-order valence-corrected chi connectivity index (χ4v) is 2.92. The lowest BCUT2D eigenvalue weighted by Crippen LogP contribution is -2.28. The minimum atomic E-state index is -0.767. The first-order valence-electron chi connectivity index (χ1n) is 8.03. The van der Waals surface area contributed by atoms with Gasteiger partial charge >= 0.3 is 5.97 Å². The van der Waals surface area contributed by atoms with Crippen molar-refractivity contribution in [2.24, 2.45) is 5.92 Å². The van der Waals surface area contributed by atoms with Crippen molar-refractivity contribution in [3.05, 3.63) is 46.2 Å². The Morgan fingerprint density at radius 1 is 1.29 bits per heavy atom. The van der Waals surface area contributed by atoms with E-state index in [0.717, 1.165) is 21.4 Å². The van der Waals surface area contributed by atoms with E-state index in [1.807, 2.05) is 47.1 Å². The van der Waals surface area contributed by atoms with E-state index in [1.165, 1.54) is 0 Å². The number of rotatable bonds is 7. The zero-order valence-corrected chi connectivity index (χ0v) is 16.1. The molecular formula is C18H24BrN3O2. The Bertz CT molecular complexity index is 695. The predicted molar refractivity (Wildman–Crippen MR) is 98.5 cm³/mol. The summed E-state index contributed by atoms with van der Waals surface area (Å²) in [6, 6.07) is 8.02. The smallest absolute Gasteiger partial charge is 0.307 e. The zero-order valence-electron chi connectivity index (χ0n) is 14.5. The van der Waals surface area contributed by atoms with Crippen molar-refractivity contribution in [2.75, 3.05) is 13.6 Å². The van der Waals surface area contributed by atoms with Crippen LogP contribution in [-0.4, -0.2) is 39.3 Å². The Morgan fingerprint density at radius 2 is 1.92 bits per heavy atom. The number of hydrogen-bond donors (Lipinski definition) is 1. The van der Waals surface area contributed by atoms with E-state index in [2.05, 4.69) is 29.8 Å². The number of nitrogens with zero attached hydrogens (tertiary/aromatic N) is 3. The monoisotopic (exact) mass is 393 g/mol. The first kappa shape index (κ1) is 18.7. The highest BCUT2D eigenvalue weighted by Gasteiger charge is 2.18. The SMILES string of the molecule is CC(CN(C)Cc1cn(-c2ccc(Br)cc2)nc1C(C)C)C(=O)O. The number of aromatic nitrogens is 2. The molecule has 0 spiro atoms. The first-order valence-corrected chi connectivity index (χ1v) is 8.83. The Kier molecular flexibility index (Phi) is 6.18. The summed E-state index contributed by atoms with van der Waals surface area (Å²) in [5, 5.41) is 13.8. The van der Waals surface area contributed by atoms with E-state index in [0.29, 0.717) is 19.0 Å². The highest BCUT2D eigenvalue weighted by Crippen LogP contribution is 2.22. The molecule has 2 aromatic rings. The van der Waals surface area contributed by atoms with E-state index in [9.17, 15) is 4.79 Å². The number of benzene rings is 1. The highest BCUT2D eigenvalue weighted by atomic mass is 79.9. The molecule has 0 fully saturated rings. The summed E-state index contributed by atoms with van der Waals surface area (Å²) in [4.78, 5) is 13.1. The molecule has 24 heavy (non-hydrogen) atoms. The largest absolute Gasteiger partial charge is 0.481 e. The van der Waals surface area contributed by atoms with Gasteiger partial charge < -0.3 is 10.0 Å². The maximum atomic E-state index is 11.0. The van der Waals surface area contributed by atoms with Gasteiger partial charge in [0.05, 0.1) is 17.3 Å². The van der Waals surface area contributed by atoms with Gasteiger partial charge in [0.15, 0.2) is 0 Å². The summed E-state index contributed by atoms with van der Waals surface area (Å²) in [6.45, 7) is 7.17. The topological polar surface area (TPSA) is 58.4 Å². The minimum Gasteiger partial charge on any atom is -0.481 e. The molecule has 0 bridgehead atoms. The molecule has 0 aliphatic rings. The number of halogens is 1. The van der Waals surface area contributed by atoms with E-state index in [4.69, 9.17) is 10.2 Å². The summed E-state index contributed by atoms with van der Waals surface area (Å²) in [5.74, 6) is -0.850. The lowest BCUT2D eigenvalue weighted by molar-refractivity contribution is -0.141. The van der Waals surface area contributed by atoms with E-state index < -0.39 is 5.97 Å². The second-order valence-corrected chi connectivity index (χ2v) is 7.47. The summed E-state index contributed by atoms with van der Waals surface area (Å²) >= 11 is 3.44. The summed E-state index contributed by atoms with van der Waals surface area (Å²) < 4.78 is 2.93. The van der Waals surface area contributed by atoms with E-state index in [1.54, 1.807) is 6.92 Å². The van der Waals surface area contributed by atoms with Gasteiger partial charge in [0.25, 0.3) is 0 Å². The van der Waals surface area contributed by atoms with Crippen LogP contribution in [0.5, 0.6) is 0 Å². The van der Waals surface area contributed by atoms with Crippen molar-refractivity contribution >= 4 is 21.9 Å². The molecule has 1 aromatic carbocycles. The number of carbonyl (C=O) groups is 1. The second kappa shape index (κ2) is 7.94. The van der Waals surface area contributed by atoms with Crippen molar-refractivity contribution in [3.8, 4) is 5.69 Å². The molecule has 0 saturated heterocycles. The molecule has 0 saturated carbocycles. The molecule has 130 valence electrons. The van der Waals surface area contributed by atoms with E-state index in [-0.39, 0.29) is 5.92 Å².